The van der Waals surface area contributed by atoms with Crippen LogP contribution < -0.4 is 0 Å². The van der Waals surface area contributed by atoms with Crippen LogP contribution in [0.3, 0.4) is 0 Å². The Kier molecular flexibility index (Phi) is 1.81. The molecule has 0 aliphatic heterocycles. The number of fused-ring (bicyclic) bond motifs is 1. The van der Waals surface area contributed by atoms with Crippen molar-refractivity contribution in [3.63, 3.8) is 0 Å². The minimum atomic E-state index is -0.949. The van der Waals surface area contributed by atoms with Gasteiger partial charge in [-0.15, -0.1) is 0 Å². The largest absolute Gasteiger partial charge is 0.478 e. The number of aromatic amines is 1. The number of carbonyl (C=O) groups is 1. The van der Waals surface area contributed by atoms with E-state index in [-0.39, 0.29) is 5.56 Å². The third-order valence-corrected chi connectivity index (χ3v) is 2.20. The van der Waals surface area contributed by atoms with Crippen LogP contribution in [0.25, 0.3) is 10.9 Å². The van der Waals surface area contributed by atoms with Crippen LogP contribution >= 0.6 is 15.9 Å². The predicted molar refractivity (Wildman–Crippen MR) is 50.8 cm³/mol. The first-order valence-electron chi connectivity index (χ1n) is 3.54. The van der Waals surface area contributed by atoms with Crippen molar-refractivity contribution < 1.29 is 9.90 Å². The van der Waals surface area contributed by atoms with Gasteiger partial charge in [-0.05, 0) is 22.0 Å². The van der Waals surface area contributed by atoms with Crippen LogP contribution in [0.2, 0.25) is 0 Å². The van der Waals surface area contributed by atoms with Gasteiger partial charge in [-0.2, -0.15) is 0 Å². The van der Waals surface area contributed by atoms with Crippen molar-refractivity contribution in [3.8, 4) is 0 Å². The van der Waals surface area contributed by atoms with Crippen molar-refractivity contribution in [3.05, 3.63) is 28.6 Å². The van der Waals surface area contributed by atoms with Crippen molar-refractivity contribution in [2.75, 3.05) is 0 Å². The van der Waals surface area contributed by atoms with Crippen LogP contribution in [0, 0.1) is 0 Å². The van der Waals surface area contributed by atoms with Crippen molar-refractivity contribution in [2.45, 2.75) is 0 Å². The lowest BCUT2D eigenvalue weighted by Gasteiger charge is -1.91. The van der Waals surface area contributed by atoms with E-state index in [1.807, 2.05) is 0 Å². The zero-order valence-electron chi connectivity index (χ0n) is 6.41. The zero-order valence-corrected chi connectivity index (χ0v) is 8.00. The zero-order chi connectivity index (χ0) is 9.42. The third kappa shape index (κ3) is 1.31. The summed E-state index contributed by atoms with van der Waals surface area (Å²) in [6.07, 6.45) is 2.99. The van der Waals surface area contributed by atoms with Gasteiger partial charge in [-0.1, -0.05) is 0 Å². The minimum Gasteiger partial charge on any atom is -0.478 e. The van der Waals surface area contributed by atoms with Crippen LogP contribution in [-0.2, 0) is 0 Å². The van der Waals surface area contributed by atoms with Gasteiger partial charge in [0, 0.05) is 17.8 Å². The Balaban J connectivity index is 2.76. The molecule has 13 heavy (non-hydrogen) atoms. The molecule has 2 N–H and O–H groups in total. The van der Waals surface area contributed by atoms with E-state index >= 15 is 0 Å². The Hall–Kier alpha value is -1.36. The average molecular weight is 241 g/mol. The molecule has 66 valence electrons. The highest BCUT2D eigenvalue weighted by molar-refractivity contribution is 9.10. The fourth-order valence-corrected chi connectivity index (χ4v) is 1.50. The number of carboxylic acids is 1. The van der Waals surface area contributed by atoms with E-state index in [2.05, 4.69) is 25.9 Å². The molecule has 0 aliphatic rings. The molecule has 0 saturated carbocycles. The predicted octanol–water partition coefficient (Wildman–Crippen LogP) is 2.02. The molecule has 2 rings (SSSR count). The molecule has 0 radical (unpaired) electrons. The van der Waals surface area contributed by atoms with Crippen LogP contribution in [0.5, 0.6) is 0 Å². The Morgan fingerprint density at radius 1 is 1.62 bits per heavy atom. The number of halogens is 1. The first-order valence-corrected chi connectivity index (χ1v) is 4.33. The van der Waals surface area contributed by atoms with Gasteiger partial charge in [0.15, 0.2) is 0 Å². The molecule has 0 amide bonds. The maximum absolute atomic E-state index is 10.7. The minimum absolute atomic E-state index is 0.245. The summed E-state index contributed by atoms with van der Waals surface area (Å²) in [4.78, 5) is 17.5. The molecule has 0 unspecified atom stereocenters. The molecule has 0 atom stereocenters. The molecule has 4 nitrogen and oxygen atoms in total. The van der Waals surface area contributed by atoms with Crippen molar-refractivity contribution in [2.24, 2.45) is 0 Å². The van der Waals surface area contributed by atoms with Crippen LogP contribution in [-0.4, -0.2) is 21.0 Å². The lowest BCUT2D eigenvalue weighted by atomic mass is 10.2. The monoisotopic (exact) mass is 240 g/mol. The molecular formula is C8H5BrN2O2. The number of H-pyrrole nitrogens is 1. The summed E-state index contributed by atoms with van der Waals surface area (Å²) < 4.78 is 0.679. The first kappa shape index (κ1) is 8.25. The second kappa shape index (κ2) is 2.85. The molecule has 0 bridgehead atoms. The van der Waals surface area contributed by atoms with Gasteiger partial charge in [0.1, 0.15) is 4.60 Å². The Morgan fingerprint density at radius 3 is 3.08 bits per heavy atom. The second-order valence-electron chi connectivity index (χ2n) is 2.56. The standard InChI is InChI=1S/C8H5BrN2O2/c9-7-1-6-4(2-11-7)5(3-10-6)8(12)13/h1-3,10H,(H,12,13). The van der Waals surface area contributed by atoms with Gasteiger partial charge in [0.05, 0.1) is 11.1 Å². The molecule has 2 aromatic heterocycles. The maximum atomic E-state index is 10.7. The van der Waals surface area contributed by atoms with Gasteiger partial charge in [-0.25, -0.2) is 9.78 Å². The number of aromatic nitrogens is 2. The maximum Gasteiger partial charge on any atom is 0.337 e. The second-order valence-corrected chi connectivity index (χ2v) is 3.37. The SMILES string of the molecule is O=C(O)c1c[nH]c2cc(Br)ncc12. The molecule has 0 fully saturated rings. The van der Waals surface area contributed by atoms with E-state index in [9.17, 15) is 4.79 Å². The molecule has 0 aromatic carbocycles. The van der Waals surface area contributed by atoms with E-state index in [1.165, 1.54) is 12.4 Å². The number of rotatable bonds is 1. The van der Waals surface area contributed by atoms with Gasteiger partial charge in [0.2, 0.25) is 0 Å². The van der Waals surface area contributed by atoms with Crippen molar-refractivity contribution >= 4 is 32.8 Å². The van der Waals surface area contributed by atoms with Crippen LogP contribution in [0.1, 0.15) is 10.4 Å². The molecule has 2 heterocycles. The summed E-state index contributed by atoms with van der Waals surface area (Å²) in [5, 5.41) is 9.40. The molecule has 2 aromatic rings. The topological polar surface area (TPSA) is 66.0 Å². The van der Waals surface area contributed by atoms with E-state index in [4.69, 9.17) is 5.11 Å². The van der Waals surface area contributed by atoms with Crippen LogP contribution in [0.15, 0.2) is 23.1 Å². The van der Waals surface area contributed by atoms with E-state index < -0.39 is 5.97 Å². The molecular weight excluding hydrogens is 236 g/mol. The molecule has 0 aliphatic carbocycles. The third-order valence-electron chi connectivity index (χ3n) is 1.76. The smallest absolute Gasteiger partial charge is 0.337 e. The summed E-state index contributed by atoms with van der Waals surface area (Å²) >= 11 is 3.20. The number of pyridine rings is 1. The van der Waals surface area contributed by atoms with E-state index in [0.717, 1.165) is 5.52 Å². The normalized spacial score (nSPS) is 10.5. The summed E-state index contributed by atoms with van der Waals surface area (Å²) in [5.41, 5.74) is 1.01. The molecule has 0 saturated heterocycles. The fraction of sp³-hybridized carbons (Fsp3) is 0. The number of hydrogen-bond donors (Lipinski definition) is 2. The number of carboxylic acid groups (broad SMARTS) is 1. The van der Waals surface area contributed by atoms with Crippen LogP contribution in [0.4, 0.5) is 0 Å². The Labute approximate surface area is 81.7 Å². The lowest BCUT2D eigenvalue weighted by Crippen LogP contribution is -1.93. The highest BCUT2D eigenvalue weighted by atomic mass is 79.9. The highest BCUT2D eigenvalue weighted by Gasteiger charge is 2.10. The van der Waals surface area contributed by atoms with Gasteiger partial charge in [0.25, 0.3) is 0 Å². The summed E-state index contributed by atoms with van der Waals surface area (Å²) in [6, 6.07) is 1.74. The number of hydrogen-bond acceptors (Lipinski definition) is 2. The Bertz CT molecular complexity index is 478. The summed E-state index contributed by atoms with van der Waals surface area (Å²) in [7, 11) is 0. The first-order chi connectivity index (χ1) is 6.18. The van der Waals surface area contributed by atoms with Crippen molar-refractivity contribution in [1.82, 2.24) is 9.97 Å². The van der Waals surface area contributed by atoms with Crippen molar-refractivity contribution in [1.29, 1.82) is 0 Å². The molecule has 0 spiro atoms. The highest BCUT2D eigenvalue weighted by Crippen LogP contribution is 2.19. The number of nitrogens with one attached hydrogen (secondary N) is 1. The van der Waals surface area contributed by atoms with Gasteiger partial charge < -0.3 is 10.1 Å². The fourth-order valence-electron chi connectivity index (χ4n) is 1.17. The van der Waals surface area contributed by atoms with E-state index in [1.54, 1.807) is 6.07 Å². The average Bonchev–Trinajstić information content (AvgIpc) is 2.46. The van der Waals surface area contributed by atoms with Gasteiger partial charge >= 0.3 is 5.97 Å². The summed E-state index contributed by atoms with van der Waals surface area (Å²) in [5.74, 6) is -0.949. The Morgan fingerprint density at radius 2 is 2.38 bits per heavy atom. The quantitative estimate of drug-likeness (QED) is 0.750. The summed E-state index contributed by atoms with van der Waals surface area (Å²) in [6.45, 7) is 0. The number of nitrogens with zero attached hydrogens (tertiary/aromatic N) is 1. The van der Waals surface area contributed by atoms with Gasteiger partial charge in [-0.3, -0.25) is 0 Å². The number of aromatic carboxylic acids is 1. The lowest BCUT2D eigenvalue weighted by molar-refractivity contribution is 0.0699. The molecule has 5 heteroatoms. The van der Waals surface area contributed by atoms with E-state index in [0.29, 0.717) is 9.99 Å².